The minimum Gasteiger partial charge on any atom is -0.484 e. The van der Waals surface area contributed by atoms with E-state index < -0.39 is 0 Å². The first-order valence-corrected chi connectivity index (χ1v) is 9.72. The Balaban J connectivity index is 1.79. The number of pyridine rings is 1. The van der Waals surface area contributed by atoms with Crippen molar-refractivity contribution in [3.05, 3.63) is 89.7 Å². The zero-order chi connectivity index (χ0) is 21.3. The second kappa shape index (κ2) is 10.2. The Bertz CT molecular complexity index is 988. The summed E-state index contributed by atoms with van der Waals surface area (Å²) in [6, 6.07) is 18.0. The minimum absolute atomic E-state index is 0.103. The number of nitrogens with zero attached hydrogens (tertiary/aromatic N) is 2. The van der Waals surface area contributed by atoms with Crippen molar-refractivity contribution in [1.82, 2.24) is 4.98 Å². The molecule has 0 saturated heterocycles. The van der Waals surface area contributed by atoms with Crippen LogP contribution in [0.1, 0.15) is 28.4 Å². The summed E-state index contributed by atoms with van der Waals surface area (Å²) in [5.41, 5.74) is 3.09. The standard InChI is InChI=1S/C24H24N2O4/c1-3-29-24(28)20-7-9-21(10-8-20)26(16-19-11-13-25-14-12-19)23(27)17-30-22-6-4-5-18(2)15-22/h4-15H,3,16-17H2,1-2H3. The number of aromatic nitrogens is 1. The molecule has 154 valence electrons. The molecule has 0 bridgehead atoms. The van der Waals surface area contributed by atoms with Crippen LogP contribution in [0, 0.1) is 6.92 Å². The summed E-state index contributed by atoms with van der Waals surface area (Å²) in [6.07, 6.45) is 3.37. The summed E-state index contributed by atoms with van der Waals surface area (Å²) in [4.78, 5) is 30.6. The van der Waals surface area contributed by atoms with Gasteiger partial charge in [0.2, 0.25) is 0 Å². The molecule has 0 spiro atoms. The lowest BCUT2D eigenvalue weighted by molar-refractivity contribution is -0.120. The first-order valence-electron chi connectivity index (χ1n) is 9.72. The number of rotatable bonds is 8. The molecular weight excluding hydrogens is 380 g/mol. The Kier molecular flexibility index (Phi) is 7.16. The average molecular weight is 404 g/mol. The number of hydrogen-bond donors (Lipinski definition) is 0. The van der Waals surface area contributed by atoms with E-state index in [2.05, 4.69) is 4.98 Å². The van der Waals surface area contributed by atoms with Crippen molar-refractivity contribution in [3.8, 4) is 5.75 Å². The highest BCUT2D eigenvalue weighted by molar-refractivity contribution is 5.95. The lowest BCUT2D eigenvalue weighted by Gasteiger charge is -2.23. The van der Waals surface area contributed by atoms with Gasteiger partial charge >= 0.3 is 5.97 Å². The third kappa shape index (κ3) is 5.67. The Morgan fingerprint density at radius 3 is 2.40 bits per heavy atom. The molecule has 0 radical (unpaired) electrons. The molecule has 1 aromatic heterocycles. The number of hydrogen-bond acceptors (Lipinski definition) is 5. The molecule has 0 unspecified atom stereocenters. The second-order valence-electron chi connectivity index (χ2n) is 6.71. The van der Waals surface area contributed by atoms with Gasteiger partial charge in [0.1, 0.15) is 5.75 Å². The Labute approximate surface area is 176 Å². The van der Waals surface area contributed by atoms with Gasteiger partial charge in [0, 0.05) is 18.1 Å². The third-order valence-corrected chi connectivity index (χ3v) is 4.43. The van der Waals surface area contributed by atoms with E-state index in [-0.39, 0.29) is 18.5 Å². The van der Waals surface area contributed by atoms with Crippen molar-refractivity contribution in [1.29, 1.82) is 0 Å². The summed E-state index contributed by atoms with van der Waals surface area (Å²) >= 11 is 0. The van der Waals surface area contributed by atoms with Crippen LogP contribution in [-0.2, 0) is 16.1 Å². The van der Waals surface area contributed by atoms with Crippen LogP contribution in [0.15, 0.2) is 73.1 Å². The smallest absolute Gasteiger partial charge is 0.338 e. The highest BCUT2D eigenvalue weighted by Crippen LogP contribution is 2.20. The third-order valence-electron chi connectivity index (χ3n) is 4.43. The predicted molar refractivity (Wildman–Crippen MR) is 114 cm³/mol. The number of amides is 1. The highest BCUT2D eigenvalue weighted by atomic mass is 16.5. The summed E-state index contributed by atoms with van der Waals surface area (Å²) in [6.45, 7) is 4.29. The molecule has 30 heavy (non-hydrogen) atoms. The number of carbonyl (C=O) groups is 2. The molecule has 3 rings (SSSR count). The van der Waals surface area contributed by atoms with Gasteiger partial charge in [-0.1, -0.05) is 12.1 Å². The van der Waals surface area contributed by atoms with E-state index >= 15 is 0 Å². The van der Waals surface area contributed by atoms with Crippen molar-refractivity contribution >= 4 is 17.6 Å². The monoisotopic (exact) mass is 404 g/mol. The molecule has 0 aliphatic carbocycles. The van der Waals surface area contributed by atoms with Gasteiger partial charge in [-0.25, -0.2) is 4.79 Å². The van der Waals surface area contributed by atoms with Crippen LogP contribution in [0.5, 0.6) is 5.75 Å². The number of carbonyl (C=O) groups excluding carboxylic acids is 2. The predicted octanol–water partition coefficient (Wildman–Crippen LogP) is 4.18. The van der Waals surface area contributed by atoms with Gasteiger partial charge in [-0.3, -0.25) is 9.78 Å². The Morgan fingerprint density at radius 1 is 1.00 bits per heavy atom. The molecule has 0 aliphatic heterocycles. The first kappa shape index (κ1) is 21.0. The maximum atomic E-state index is 13.0. The van der Waals surface area contributed by atoms with Gasteiger partial charge < -0.3 is 14.4 Å². The van der Waals surface area contributed by atoms with E-state index in [9.17, 15) is 9.59 Å². The normalized spacial score (nSPS) is 10.3. The van der Waals surface area contributed by atoms with Crippen LogP contribution in [0.4, 0.5) is 5.69 Å². The minimum atomic E-state index is -0.390. The van der Waals surface area contributed by atoms with E-state index in [1.807, 2.05) is 43.3 Å². The van der Waals surface area contributed by atoms with Crippen molar-refractivity contribution in [3.63, 3.8) is 0 Å². The van der Waals surface area contributed by atoms with E-state index in [4.69, 9.17) is 9.47 Å². The number of benzene rings is 2. The van der Waals surface area contributed by atoms with Gasteiger partial charge in [-0.2, -0.15) is 0 Å². The number of esters is 1. The molecule has 0 saturated carbocycles. The van der Waals surface area contributed by atoms with Gasteiger partial charge in [-0.05, 0) is 73.5 Å². The topological polar surface area (TPSA) is 68.7 Å². The van der Waals surface area contributed by atoms with Crippen LogP contribution in [0.3, 0.4) is 0 Å². The van der Waals surface area contributed by atoms with Gasteiger partial charge in [0.15, 0.2) is 6.61 Å². The summed E-state index contributed by atoms with van der Waals surface area (Å²) in [7, 11) is 0. The fraction of sp³-hybridized carbons (Fsp3) is 0.208. The summed E-state index contributed by atoms with van der Waals surface area (Å²) in [5.74, 6) is 0.0564. The molecule has 0 fully saturated rings. The average Bonchev–Trinajstić information content (AvgIpc) is 2.77. The molecular formula is C24H24N2O4. The van der Waals surface area contributed by atoms with Crippen LogP contribution < -0.4 is 9.64 Å². The van der Waals surface area contributed by atoms with Crippen LogP contribution in [0.25, 0.3) is 0 Å². The van der Waals surface area contributed by atoms with E-state index in [1.54, 1.807) is 48.5 Å². The summed E-state index contributed by atoms with van der Waals surface area (Å²) in [5, 5.41) is 0. The molecule has 6 heteroatoms. The summed E-state index contributed by atoms with van der Waals surface area (Å²) < 4.78 is 10.7. The zero-order valence-electron chi connectivity index (χ0n) is 17.1. The van der Waals surface area contributed by atoms with E-state index in [0.717, 1.165) is 11.1 Å². The van der Waals surface area contributed by atoms with Gasteiger partial charge in [-0.15, -0.1) is 0 Å². The molecule has 0 aliphatic rings. The molecule has 1 heterocycles. The van der Waals surface area contributed by atoms with Crippen molar-refractivity contribution in [2.45, 2.75) is 20.4 Å². The van der Waals surface area contributed by atoms with Crippen LogP contribution in [-0.4, -0.2) is 30.1 Å². The fourth-order valence-electron chi connectivity index (χ4n) is 2.91. The zero-order valence-corrected chi connectivity index (χ0v) is 17.1. The van der Waals surface area contributed by atoms with Crippen LogP contribution in [0.2, 0.25) is 0 Å². The lowest BCUT2D eigenvalue weighted by atomic mass is 10.1. The molecule has 6 nitrogen and oxygen atoms in total. The van der Waals surface area contributed by atoms with Crippen molar-refractivity contribution in [2.24, 2.45) is 0 Å². The molecule has 3 aromatic rings. The maximum absolute atomic E-state index is 13.0. The Hall–Kier alpha value is -3.67. The maximum Gasteiger partial charge on any atom is 0.338 e. The van der Waals surface area contributed by atoms with Crippen LogP contribution >= 0.6 is 0 Å². The largest absolute Gasteiger partial charge is 0.484 e. The van der Waals surface area contributed by atoms with E-state index in [1.165, 1.54) is 0 Å². The van der Waals surface area contributed by atoms with Gasteiger partial charge in [0.05, 0.1) is 18.7 Å². The quantitative estimate of drug-likeness (QED) is 0.527. The number of aryl methyl sites for hydroxylation is 1. The van der Waals surface area contributed by atoms with E-state index in [0.29, 0.717) is 30.2 Å². The van der Waals surface area contributed by atoms with Crippen molar-refractivity contribution in [2.75, 3.05) is 18.1 Å². The second-order valence-corrected chi connectivity index (χ2v) is 6.71. The SMILES string of the molecule is CCOC(=O)c1ccc(N(Cc2ccncc2)C(=O)COc2cccc(C)c2)cc1. The first-order chi connectivity index (χ1) is 14.6. The van der Waals surface area contributed by atoms with Gasteiger partial charge in [0.25, 0.3) is 5.91 Å². The Morgan fingerprint density at radius 2 is 1.73 bits per heavy atom. The molecule has 2 aromatic carbocycles. The lowest BCUT2D eigenvalue weighted by Crippen LogP contribution is -2.34. The van der Waals surface area contributed by atoms with Crippen molar-refractivity contribution < 1.29 is 19.1 Å². The fourth-order valence-corrected chi connectivity index (χ4v) is 2.91. The molecule has 0 N–H and O–H groups in total. The number of anilines is 1. The molecule has 1 amide bonds. The number of ether oxygens (including phenoxy) is 2. The molecule has 0 atom stereocenters. The highest BCUT2D eigenvalue weighted by Gasteiger charge is 2.18.